The third kappa shape index (κ3) is 3.65. The van der Waals surface area contributed by atoms with Crippen LogP contribution >= 0.6 is 0 Å². The molecule has 2 bridgehead atoms. The monoisotopic (exact) mass is 720 g/mol. The minimum Gasteiger partial charge on any atom is -0.469 e. The van der Waals surface area contributed by atoms with Crippen LogP contribution in [0.3, 0.4) is 0 Å². The normalized spacial score (nSPS) is 53.9. The molecule has 280 valence electrons. The Bertz CT molecular complexity index is 1660. The number of aliphatic hydroxyl groups excluding tert-OH is 1. The van der Waals surface area contributed by atoms with Gasteiger partial charge in [-0.3, -0.25) is 9.59 Å². The number of hydrogen-bond acceptors (Lipinski definition) is 16. The van der Waals surface area contributed by atoms with Crippen molar-refractivity contribution in [3.05, 3.63) is 24.0 Å². The van der Waals surface area contributed by atoms with Crippen LogP contribution < -0.4 is 0 Å². The molecule has 0 amide bonds. The molecular formula is C35H44O16. The highest BCUT2D eigenvalue weighted by Gasteiger charge is 2.97. The number of carbonyl (C=O) groups excluding carboxylic acids is 4. The standard InChI is InChI=1S/C35H44O16/c1-8-15(2)24(38)49-18-12-19(48-16(3)36)32(26(39)43-6)13-46-21-22(32)31(18)14-47-34(42,27(40)44-7)25(31)29(4,23(21)37)35-20-11-17(30(35,5)51-35)33(41)9-10-45-28(33)50-20/h8-10,17-23,25,28,37,41-42H,11-14H2,1-7H3/b15-8+/t17?,18?,19?,20?,21?,22?,23?,25?,28?,29?,30-,31?,32-,33+,34-,35?/m0/s1. The van der Waals surface area contributed by atoms with E-state index in [1.165, 1.54) is 19.3 Å². The summed E-state index contributed by atoms with van der Waals surface area (Å²) in [5.41, 5.74) is -9.47. The molecule has 4 saturated heterocycles. The first-order chi connectivity index (χ1) is 23.9. The number of fused-ring (bicyclic) bond motifs is 7. The number of rotatable bonds is 6. The van der Waals surface area contributed by atoms with E-state index >= 15 is 0 Å². The maximum Gasteiger partial charge on any atom is 0.366 e. The predicted molar refractivity (Wildman–Crippen MR) is 164 cm³/mol. The van der Waals surface area contributed by atoms with Gasteiger partial charge in [-0.15, -0.1) is 0 Å². The summed E-state index contributed by atoms with van der Waals surface area (Å²) in [6.45, 7) is 6.88. The van der Waals surface area contributed by atoms with E-state index in [2.05, 4.69) is 0 Å². The summed E-state index contributed by atoms with van der Waals surface area (Å²) in [5.74, 6) is -9.76. The van der Waals surface area contributed by atoms with Crippen LogP contribution in [0.2, 0.25) is 0 Å². The molecule has 0 radical (unpaired) electrons. The second kappa shape index (κ2) is 10.5. The van der Waals surface area contributed by atoms with Crippen LogP contribution in [-0.2, 0) is 61.8 Å². The van der Waals surface area contributed by atoms with Crippen LogP contribution in [-0.4, -0.2) is 126 Å². The third-order valence-electron chi connectivity index (χ3n) is 14.1. The molecular weight excluding hydrogens is 676 g/mol. The fourth-order valence-electron chi connectivity index (χ4n) is 12.2. The molecule has 5 aliphatic heterocycles. The lowest BCUT2D eigenvalue weighted by Gasteiger charge is -2.65. The summed E-state index contributed by atoms with van der Waals surface area (Å²) >= 11 is 0. The van der Waals surface area contributed by atoms with E-state index in [9.17, 15) is 34.5 Å². The number of allylic oxidation sites excluding steroid dienone is 1. The zero-order valence-electron chi connectivity index (χ0n) is 29.4. The molecule has 16 atom stereocenters. The Labute approximate surface area is 293 Å². The molecule has 8 aliphatic rings. The van der Waals surface area contributed by atoms with Gasteiger partial charge in [-0.25, -0.2) is 9.59 Å². The van der Waals surface area contributed by atoms with Crippen molar-refractivity contribution in [3.63, 3.8) is 0 Å². The lowest BCUT2D eigenvalue weighted by molar-refractivity contribution is -0.314. The van der Waals surface area contributed by atoms with Gasteiger partial charge in [0, 0.05) is 47.5 Å². The van der Waals surface area contributed by atoms with Crippen molar-refractivity contribution in [1.82, 2.24) is 0 Å². The first kappa shape index (κ1) is 34.9. The minimum absolute atomic E-state index is 0.235. The Balaban J connectivity index is 1.40. The van der Waals surface area contributed by atoms with Gasteiger partial charge in [0.2, 0.25) is 6.29 Å². The Morgan fingerprint density at radius 2 is 1.67 bits per heavy atom. The molecule has 3 aliphatic carbocycles. The molecule has 3 N–H and O–H groups in total. The number of epoxide rings is 1. The molecule has 12 unspecified atom stereocenters. The first-order valence-electron chi connectivity index (χ1n) is 17.2. The van der Waals surface area contributed by atoms with Crippen LogP contribution in [0.15, 0.2) is 24.0 Å². The van der Waals surface area contributed by atoms with Gasteiger partial charge in [-0.2, -0.15) is 0 Å². The molecule has 0 aromatic rings. The van der Waals surface area contributed by atoms with Gasteiger partial charge in [0.15, 0.2) is 5.60 Å². The molecule has 0 aromatic heterocycles. The molecule has 5 heterocycles. The number of hydrogen-bond donors (Lipinski definition) is 3. The van der Waals surface area contributed by atoms with Crippen molar-refractivity contribution in [3.8, 4) is 0 Å². The fraction of sp³-hybridized carbons (Fsp3) is 0.771. The van der Waals surface area contributed by atoms with E-state index in [4.69, 9.17) is 42.6 Å². The Morgan fingerprint density at radius 1 is 0.961 bits per heavy atom. The fourth-order valence-corrected chi connectivity index (χ4v) is 12.2. The average Bonchev–Trinajstić information content (AvgIpc) is 3.47. The van der Waals surface area contributed by atoms with Crippen molar-refractivity contribution < 1.29 is 77.1 Å². The van der Waals surface area contributed by atoms with E-state index in [0.717, 1.165) is 14.2 Å². The summed E-state index contributed by atoms with van der Waals surface area (Å²) < 4.78 is 54.0. The van der Waals surface area contributed by atoms with Crippen LogP contribution in [0.25, 0.3) is 0 Å². The van der Waals surface area contributed by atoms with Crippen LogP contribution in [0.4, 0.5) is 0 Å². The van der Waals surface area contributed by atoms with Gasteiger partial charge in [0.25, 0.3) is 5.79 Å². The summed E-state index contributed by atoms with van der Waals surface area (Å²) in [6.07, 6.45) is -3.11. The Hall–Kier alpha value is -3.12. The highest BCUT2D eigenvalue weighted by Crippen LogP contribution is 2.83. The lowest BCUT2D eigenvalue weighted by atomic mass is 9.37. The number of ether oxygens (including phenoxy) is 9. The summed E-state index contributed by atoms with van der Waals surface area (Å²) in [6, 6.07) is 0. The maximum absolute atomic E-state index is 14.2. The molecule has 3 saturated carbocycles. The zero-order chi connectivity index (χ0) is 36.9. The van der Waals surface area contributed by atoms with Gasteiger partial charge in [-0.1, -0.05) is 13.0 Å². The number of methoxy groups -OCH3 is 2. The van der Waals surface area contributed by atoms with E-state index in [0.29, 0.717) is 0 Å². The quantitative estimate of drug-likeness (QED) is 0.140. The van der Waals surface area contributed by atoms with Gasteiger partial charge in [0.1, 0.15) is 28.8 Å². The highest BCUT2D eigenvalue weighted by atomic mass is 16.7. The van der Waals surface area contributed by atoms with Crippen LogP contribution in [0.1, 0.15) is 47.5 Å². The van der Waals surface area contributed by atoms with Crippen molar-refractivity contribution >= 4 is 23.9 Å². The third-order valence-corrected chi connectivity index (χ3v) is 14.1. The molecule has 7 fully saturated rings. The number of carbonyl (C=O) groups is 4. The van der Waals surface area contributed by atoms with E-state index in [1.54, 1.807) is 33.8 Å². The van der Waals surface area contributed by atoms with Crippen molar-refractivity contribution in [2.24, 2.45) is 34.0 Å². The second-order valence-electron chi connectivity index (χ2n) is 15.8. The van der Waals surface area contributed by atoms with Crippen LogP contribution in [0.5, 0.6) is 0 Å². The first-order valence-corrected chi connectivity index (χ1v) is 17.2. The average molecular weight is 721 g/mol. The summed E-state index contributed by atoms with van der Waals surface area (Å²) in [4.78, 5) is 54.4. The highest BCUT2D eigenvalue weighted by molar-refractivity contribution is 5.88. The number of aliphatic hydroxyl groups is 3. The zero-order valence-corrected chi connectivity index (χ0v) is 29.4. The molecule has 8 rings (SSSR count). The predicted octanol–water partition coefficient (Wildman–Crippen LogP) is -0.203. The summed E-state index contributed by atoms with van der Waals surface area (Å²) in [7, 11) is 2.23. The number of esters is 4. The molecule has 16 nitrogen and oxygen atoms in total. The van der Waals surface area contributed by atoms with E-state index in [-0.39, 0.29) is 18.4 Å². The molecule has 0 aromatic carbocycles. The van der Waals surface area contributed by atoms with E-state index in [1.807, 2.05) is 0 Å². The van der Waals surface area contributed by atoms with Crippen molar-refractivity contribution in [1.29, 1.82) is 0 Å². The van der Waals surface area contributed by atoms with Crippen molar-refractivity contribution in [2.45, 2.75) is 107 Å². The Morgan fingerprint density at radius 3 is 2.31 bits per heavy atom. The second-order valence-corrected chi connectivity index (χ2v) is 15.8. The van der Waals surface area contributed by atoms with Crippen molar-refractivity contribution in [2.75, 3.05) is 27.4 Å². The SMILES string of the molecule is C/C=C(\C)C(=O)OC1CC(OC(C)=O)[C@@]2(C(=O)OC)COC3C(O)C(C)(C45O[C@@]4(C)C4CC5OC5OC=C[C@]54O)C4C1(CO[C@]4(O)C(=O)OC)C32. The molecule has 51 heavy (non-hydrogen) atoms. The van der Waals surface area contributed by atoms with Gasteiger partial charge in [0.05, 0.1) is 52.0 Å². The topological polar surface area (TPSA) is 215 Å². The Kier molecular flexibility index (Phi) is 7.20. The smallest absolute Gasteiger partial charge is 0.366 e. The minimum atomic E-state index is -2.82. The van der Waals surface area contributed by atoms with E-state index < -0.39 is 130 Å². The van der Waals surface area contributed by atoms with Gasteiger partial charge in [-0.05, 0) is 33.3 Å². The van der Waals surface area contributed by atoms with Gasteiger partial charge >= 0.3 is 23.9 Å². The summed E-state index contributed by atoms with van der Waals surface area (Å²) in [5, 5.41) is 37.4. The lowest BCUT2D eigenvalue weighted by Crippen LogP contribution is -2.79. The molecule has 16 heteroatoms. The van der Waals surface area contributed by atoms with Gasteiger partial charge < -0.3 is 58.0 Å². The van der Waals surface area contributed by atoms with Crippen LogP contribution in [0, 0.1) is 34.0 Å². The maximum atomic E-state index is 14.2. The largest absolute Gasteiger partial charge is 0.469 e. The molecule has 1 spiro atoms.